The lowest BCUT2D eigenvalue weighted by Crippen LogP contribution is -2.54. The summed E-state index contributed by atoms with van der Waals surface area (Å²) >= 11 is 0. The van der Waals surface area contributed by atoms with Gasteiger partial charge in [0.05, 0.1) is 18.8 Å². The zero-order valence-corrected chi connectivity index (χ0v) is 9.08. The summed E-state index contributed by atoms with van der Waals surface area (Å²) < 4.78 is 5.57. The monoisotopic (exact) mass is 187 g/mol. The fourth-order valence-electron chi connectivity index (χ4n) is 1.69. The number of rotatable bonds is 1. The van der Waals surface area contributed by atoms with Crippen molar-refractivity contribution >= 4 is 0 Å². The van der Waals surface area contributed by atoms with Crippen molar-refractivity contribution in [1.82, 2.24) is 4.90 Å². The highest BCUT2D eigenvalue weighted by Gasteiger charge is 2.31. The first-order valence-electron chi connectivity index (χ1n) is 4.95. The lowest BCUT2D eigenvalue weighted by Gasteiger charge is -2.43. The minimum Gasteiger partial charge on any atom is -0.394 e. The fourth-order valence-corrected chi connectivity index (χ4v) is 1.69. The van der Waals surface area contributed by atoms with E-state index in [0.717, 1.165) is 13.1 Å². The summed E-state index contributed by atoms with van der Waals surface area (Å²) in [7, 11) is 0. The van der Waals surface area contributed by atoms with Crippen molar-refractivity contribution in [1.29, 1.82) is 0 Å². The molecule has 78 valence electrons. The Morgan fingerprint density at radius 2 is 2.00 bits per heavy atom. The molecular formula is C10H21NO2. The van der Waals surface area contributed by atoms with E-state index in [1.807, 2.05) is 0 Å². The number of ether oxygens (including phenoxy) is 1. The maximum atomic E-state index is 9.04. The maximum absolute atomic E-state index is 9.04. The van der Waals surface area contributed by atoms with Gasteiger partial charge < -0.3 is 9.84 Å². The van der Waals surface area contributed by atoms with Gasteiger partial charge in [-0.05, 0) is 27.7 Å². The predicted octanol–water partition coefficient (Wildman–Crippen LogP) is 0.866. The van der Waals surface area contributed by atoms with Gasteiger partial charge in [0.2, 0.25) is 0 Å². The van der Waals surface area contributed by atoms with Crippen LogP contribution < -0.4 is 0 Å². The molecule has 1 saturated heterocycles. The molecule has 0 radical (unpaired) electrons. The molecular weight excluding hydrogens is 166 g/mol. The lowest BCUT2D eigenvalue weighted by atomic mass is 10.0. The summed E-state index contributed by atoms with van der Waals surface area (Å²) in [6, 6.07) is 0. The van der Waals surface area contributed by atoms with Crippen LogP contribution in [0.5, 0.6) is 0 Å². The third-order valence-corrected chi connectivity index (χ3v) is 2.48. The zero-order valence-electron chi connectivity index (χ0n) is 9.08. The first kappa shape index (κ1) is 11.0. The van der Waals surface area contributed by atoms with Crippen LogP contribution in [0.3, 0.4) is 0 Å². The van der Waals surface area contributed by atoms with E-state index in [0.29, 0.717) is 0 Å². The van der Waals surface area contributed by atoms with Crippen LogP contribution in [0.2, 0.25) is 0 Å². The number of aliphatic hydroxyl groups excluding tert-OH is 1. The predicted molar refractivity (Wildman–Crippen MR) is 52.7 cm³/mol. The molecule has 0 saturated carbocycles. The SMILES string of the molecule is C[C@@H]1CN(C(C)(C)C)C[C@H](CO)O1. The quantitative estimate of drug-likeness (QED) is 0.661. The van der Waals surface area contributed by atoms with Gasteiger partial charge in [0.15, 0.2) is 0 Å². The number of nitrogens with zero attached hydrogens (tertiary/aromatic N) is 1. The molecule has 1 N–H and O–H groups in total. The van der Waals surface area contributed by atoms with E-state index in [9.17, 15) is 0 Å². The topological polar surface area (TPSA) is 32.7 Å². The summed E-state index contributed by atoms with van der Waals surface area (Å²) in [5, 5.41) is 9.04. The first-order valence-corrected chi connectivity index (χ1v) is 4.95. The molecule has 1 rings (SSSR count). The number of aliphatic hydroxyl groups is 1. The average molecular weight is 187 g/mol. The van der Waals surface area contributed by atoms with Gasteiger partial charge in [0, 0.05) is 18.6 Å². The third-order valence-electron chi connectivity index (χ3n) is 2.48. The highest BCUT2D eigenvalue weighted by atomic mass is 16.5. The van der Waals surface area contributed by atoms with Crippen molar-refractivity contribution in [2.45, 2.75) is 45.4 Å². The van der Waals surface area contributed by atoms with Crippen molar-refractivity contribution < 1.29 is 9.84 Å². The van der Waals surface area contributed by atoms with Gasteiger partial charge in [-0.1, -0.05) is 0 Å². The molecule has 1 fully saturated rings. The molecule has 0 aromatic rings. The van der Waals surface area contributed by atoms with Crippen LogP contribution in [0.15, 0.2) is 0 Å². The van der Waals surface area contributed by atoms with Crippen molar-refractivity contribution in [3.8, 4) is 0 Å². The molecule has 0 amide bonds. The Hall–Kier alpha value is -0.120. The van der Waals surface area contributed by atoms with Crippen LogP contribution in [0.4, 0.5) is 0 Å². The van der Waals surface area contributed by atoms with Gasteiger partial charge in [0.25, 0.3) is 0 Å². The van der Waals surface area contributed by atoms with Crippen molar-refractivity contribution in [3.05, 3.63) is 0 Å². The van der Waals surface area contributed by atoms with Gasteiger partial charge in [-0.15, -0.1) is 0 Å². The molecule has 0 spiro atoms. The third kappa shape index (κ3) is 2.93. The average Bonchev–Trinajstić information content (AvgIpc) is 2.01. The summed E-state index contributed by atoms with van der Waals surface area (Å²) in [6.45, 7) is 10.6. The van der Waals surface area contributed by atoms with Crippen molar-refractivity contribution in [2.24, 2.45) is 0 Å². The van der Waals surface area contributed by atoms with E-state index in [1.54, 1.807) is 0 Å². The van der Waals surface area contributed by atoms with Crippen molar-refractivity contribution in [2.75, 3.05) is 19.7 Å². The Kier molecular flexibility index (Phi) is 3.33. The van der Waals surface area contributed by atoms with E-state index >= 15 is 0 Å². The number of hydrogen-bond acceptors (Lipinski definition) is 3. The molecule has 2 atom stereocenters. The molecule has 3 nitrogen and oxygen atoms in total. The van der Waals surface area contributed by atoms with Crippen LogP contribution in [-0.2, 0) is 4.74 Å². The van der Waals surface area contributed by atoms with Crippen molar-refractivity contribution in [3.63, 3.8) is 0 Å². The normalized spacial score (nSPS) is 32.1. The highest BCUT2D eigenvalue weighted by molar-refractivity contribution is 4.84. The Morgan fingerprint density at radius 1 is 1.38 bits per heavy atom. The summed E-state index contributed by atoms with van der Waals surface area (Å²) in [4.78, 5) is 2.36. The summed E-state index contributed by atoms with van der Waals surface area (Å²) in [5.74, 6) is 0. The Morgan fingerprint density at radius 3 is 2.46 bits per heavy atom. The van der Waals surface area contributed by atoms with Crippen LogP contribution >= 0.6 is 0 Å². The highest BCUT2D eigenvalue weighted by Crippen LogP contribution is 2.20. The van der Waals surface area contributed by atoms with Gasteiger partial charge in [-0.3, -0.25) is 4.90 Å². The van der Waals surface area contributed by atoms with Gasteiger partial charge in [-0.25, -0.2) is 0 Å². The second-order valence-electron chi connectivity index (χ2n) is 4.83. The van der Waals surface area contributed by atoms with E-state index in [-0.39, 0.29) is 24.4 Å². The molecule has 0 aliphatic carbocycles. The molecule has 13 heavy (non-hydrogen) atoms. The maximum Gasteiger partial charge on any atom is 0.0936 e. The van der Waals surface area contributed by atoms with Crippen LogP contribution in [-0.4, -0.2) is 47.4 Å². The standard InChI is InChI=1S/C10H21NO2/c1-8-5-11(10(2,3)4)6-9(7-12)13-8/h8-9,12H,5-7H2,1-4H3/t8-,9-/m1/s1. The molecule has 0 unspecified atom stereocenters. The van der Waals surface area contributed by atoms with Gasteiger partial charge in [-0.2, -0.15) is 0 Å². The number of hydrogen-bond donors (Lipinski definition) is 1. The van der Waals surface area contributed by atoms with Gasteiger partial charge in [0.1, 0.15) is 0 Å². The smallest absolute Gasteiger partial charge is 0.0936 e. The Bertz CT molecular complexity index is 165. The summed E-state index contributed by atoms with van der Waals surface area (Å²) in [5.41, 5.74) is 0.172. The molecule has 1 aliphatic heterocycles. The Labute approximate surface area is 80.7 Å². The molecule has 0 aromatic carbocycles. The minimum absolute atomic E-state index is 0.0111. The largest absolute Gasteiger partial charge is 0.394 e. The molecule has 0 aromatic heterocycles. The first-order chi connectivity index (χ1) is 5.93. The second kappa shape index (κ2) is 3.95. The van der Waals surface area contributed by atoms with E-state index in [4.69, 9.17) is 9.84 Å². The second-order valence-corrected chi connectivity index (χ2v) is 4.83. The Balaban J connectivity index is 2.57. The minimum atomic E-state index is -0.0111. The molecule has 1 aliphatic rings. The number of morpholine rings is 1. The molecule has 0 bridgehead atoms. The lowest BCUT2D eigenvalue weighted by molar-refractivity contribution is -0.115. The van der Waals surface area contributed by atoms with Crippen LogP contribution in [0.25, 0.3) is 0 Å². The molecule has 1 heterocycles. The van der Waals surface area contributed by atoms with Crippen LogP contribution in [0, 0.1) is 0 Å². The van der Waals surface area contributed by atoms with Crippen LogP contribution in [0.1, 0.15) is 27.7 Å². The van der Waals surface area contributed by atoms with E-state index in [1.165, 1.54) is 0 Å². The summed E-state index contributed by atoms with van der Waals surface area (Å²) in [6.07, 6.45) is 0.216. The van der Waals surface area contributed by atoms with E-state index < -0.39 is 0 Å². The fraction of sp³-hybridized carbons (Fsp3) is 1.00. The molecule has 3 heteroatoms. The van der Waals surface area contributed by atoms with E-state index in [2.05, 4.69) is 32.6 Å². The van der Waals surface area contributed by atoms with Gasteiger partial charge >= 0.3 is 0 Å². The zero-order chi connectivity index (χ0) is 10.1.